The molecule has 0 amide bonds. The first-order valence-electron chi connectivity index (χ1n) is 11.6. The fourth-order valence-electron chi connectivity index (χ4n) is 3.92. The summed E-state index contributed by atoms with van der Waals surface area (Å²) in [6, 6.07) is 19.0. The van der Waals surface area contributed by atoms with E-state index in [0.29, 0.717) is 12.0 Å². The molecule has 3 aromatic rings. The van der Waals surface area contributed by atoms with Crippen LogP contribution in [0.15, 0.2) is 59.6 Å². The van der Waals surface area contributed by atoms with Crippen molar-refractivity contribution in [3.05, 3.63) is 77.4 Å². The van der Waals surface area contributed by atoms with Crippen LogP contribution in [0.2, 0.25) is 0 Å². The number of hydrogen-bond acceptors (Lipinski definition) is 4. The lowest BCUT2D eigenvalue weighted by molar-refractivity contribution is 0.414. The van der Waals surface area contributed by atoms with Crippen molar-refractivity contribution in [3.63, 3.8) is 0 Å². The van der Waals surface area contributed by atoms with Crippen LogP contribution in [-0.2, 0) is 26.4 Å². The van der Waals surface area contributed by atoms with Gasteiger partial charge in [0, 0.05) is 20.1 Å². The van der Waals surface area contributed by atoms with Gasteiger partial charge < -0.3 is 19.9 Å². The van der Waals surface area contributed by atoms with Crippen LogP contribution in [-0.4, -0.2) is 40.9 Å². The lowest BCUT2D eigenvalue weighted by Crippen LogP contribution is -2.41. The molecule has 1 aliphatic carbocycles. The van der Waals surface area contributed by atoms with E-state index in [4.69, 9.17) is 9.73 Å². The fraction of sp³-hybridized carbons (Fsp3) is 0.423. The van der Waals surface area contributed by atoms with Gasteiger partial charge in [-0.1, -0.05) is 42.5 Å². The number of aliphatic imine (C=N–C) groups is 1. The van der Waals surface area contributed by atoms with E-state index >= 15 is 0 Å². The van der Waals surface area contributed by atoms with Crippen LogP contribution in [0.4, 0.5) is 0 Å². The van der Waals surface area contributed by atoms with Gasteiger partial charge in [0.2, 0.25) is 0 Å². The number of nitrogens with zero attached hydrogens (tertiary/aromatic N) is 4. The summed E-state index contributed by atoms with van der Waals surface area (Å²) >= 11 is 0. The summed E-state index contributed by atoms with van der Waals surface area (Å²) in [7, 11) is 3.66. The molecule has 1 heterocycles. The van der Waals surface area contributed by atoms with Gasteiger partial charge in [-0.3, -0.25) is 0 Å². The largest absolute Gasteiger partial charge is 0.497 e. The molecule has 0 spiro atoms. The second-order valence-corrected chi connectivity index (χ2v) is 8.93. The molecule has 2 aromatic carbocycles. The predicted octanol–water partition coefficient (Wildman–Crippen LogP) is 3.43. The Morgan fingerprint density at radius 2 is 1.79 bits per heavy atom. The Balaban J connectivity index is 1.37. The van der Waals surface area contributed by atoms with E-state index in [1.54, 1.807) is 7.11 Å². The Morgan fingerprint density at radius 3 is 2.42 bits per heavy atom. The number of hydrogen-bond donors (Lipinski definition) is 2. The van der Waals surface area contributed by atoms with Gasteiger partial charge in [0.25, 0.3) is 0 Å². The number of aryl methyl sites for hydroxylation is 1. The van der Waals surface area contributed by atoms with E-state index in [1.807, 2.05) is 30.7 Å². The normalized spacial score (nSPS) is 14.7. The molecule has 1 fully saturated rings. The number of benzene rings is 2. The zero-order chi connectivity index (χ0) is 23.1. The van der Waals surface area contributed by atoms with Gasteiger partial charge in [-0.25, -0.2) is 4.99 Å². The SMILES string of the molecule is COc1ccc(CCNC(=NCc2nnc(C)n2C)NCC2(Cc3ccccc3)CC2)cc1. The standard InChI is InChI=1S/C26H34N6O/c1-20-30-31-24(32(20)2)18-28-25(27-16-13-21-9-11-23(33-3)12-10-21)29-19-26(14-15-26)17-22-7-5-4-6-8-22/h4-12H,13-19H2,1-3H3,(H2,27,28,29). The lowest BCUT2D eigenvalue weighted by atomic mass is 9.96. The zero-order valence-electron chi connectivity index (χ0n) is 19.8. The maximum absolute atomic E-state index is 5.25. The quantitative estimate of drug-likeness (QED) is 0.369. The van der Waals surface area contributed by atoms with E-state index in [1.165, 1.54) is 24.0 Å². The van der Waals surface area contributed by atoms with Gasteiger partial charge in [-0.15, -0.1) is 10.2 Å². The van der Waals surface area contributed by atoms with E-state index in [9.17, 15) is 0 Å². The smallest absolute Gasteiger partial charge is 0.191 e. The summed E-state index contributed by atoms with van der Waals surface area (Å²) in [5, 5.41) is 15.5. The van der Waals surface area contributed by atoms with Gasteiger partial charge in [0.15, 0.2) is 11.8 Å². The molecule has 0 aliphatic heterocycles. The highest BCUT2D eigenvalue weighted by Crippen LogP contribution is 2.47. The number of aromatic nitrogens is 3. The number of nitrogens with one attached hydrogen (secondary N) is 2. The number of rotatable bonds is 10. The third-order valence-electron chi connectivity index (χ3n) is 6.44. The minimum atomic E-state index is 0.321. The second-order valence-electron chi connectivity index (χ2n) is 8.93. The third-order valence-corrected chi connectivity index (χ3v) is 6.44. The van der Waals surface area contributed by atoms with Crippen molar-refractivity contribution in [1.29, 1.82) is 0 Å². The molecule has 0 atom stereocenters. The van der Waals surface area contributed by atoms with Crippen molar-refractivity contribution in [1.82, 2.24) is 25.4 Å². The van der Waals surface area contributed by atoms with Gasteiger partial charge in [0.1, 0.15) is 18.1 Å². The molecule has 1 saturated carbocycles. The highest BCUT2D eigenvalue weighted by atomic mass is 16.5. The van der Waals surface area contributed by atoms with Crippen LogP contribution in [0.25, 0.3) is 0 Å². The maximum atomic E-state index is 5.25. The fourth-order valence-corrected chi connectivity index (χ4v) is 3.92. The number of guanidine groups is 1. The minimum absolute atomic E-state index is 0.321. The van der Waals surface area contributed by atoms with Crippen LogP contribution in [0.5, 0.6) is 5.75 Å². The summed E-state index contributed by atoms with van der Waals surface area (Å²) in [5.41, 5.74) is 2.98. The maximum Gasteiger partial charge on any atom is 0.191 e. The molecule has 0 bridgehead atoms. The van der Waals surface area contributed by atoms with Crippen molar-refractivity contribution in [3.8, 4) is 5.75 Å². The van der Waals surface area contributed by atoms with Crippen LogP contribution >= 0.6 is 0 Å². The summed E-state index contributed by atoms with van der Waals surface area (Å²) in [5.74, 6) is 3.45. The molecule has 33 heavy (non-hydrogen) atoms. The summed E-state index contributed by atoms with van der Waals surface area (Å²) in [6.45, 7) is 4.14. The van der Waals surface area contributed by atoms with E-state index in [-0.39, 0.29) is 0 Å². The Bertz CT molecular complexity index is 1050. The molecular formula is C26H34N6O. The van der Waals surface area contributed by atoms with Crippen molar-refractivity contribution < 1.29 is 4.74 Å². The monoisotopic (exact) mass is 446 g/mol. The molecule has 1 aromatic heterocycles. The van der Waals surface area contributed by atoms with Crippen molar-refractivity contribution in [2.45, 2.75) is 39.2 Å². The van der Waals surface area contributed by atoms with Crippen LogP contribution < -0.4 is 15.4 Å². The van der Waals surface area contributed by atoms with Gasteiger partial charge in [0.05, 0.1) is 7.11 Å². The Morgan fingerprint density at radius 1 is 1.03 bits per heavy atom. The molecular weight excluding hydrogens is 412 g/mol. The molecule has 0 radical (unpaired) electrons. The van der Waals surface area contributed by atoms with Gasteiger partial charge in [-0.05, 0) is 61.3 Å². The van der Waals surface area contributed by atoms with Crippen molar-refractivity contribution >= 4 is 5.96 Å². The van der Waals surface area contributed by atoms with Crippen molar-refractivity contribution in [2.75, 3.05) is 20.2 Å². The molecule has 7 heteroatoms. The first kappa shape index (κ1) is 22.8. The average molecular weight is 447 g/mol. The topological polar surface area (TPSA) is 76.4 Å². The molecule has 0 saturated heterocycles. The van der Waals surface area contributed by atoms with E-state index in [2.05, 4.69) is 63.3 Å². The van der Waals surface area contributed by atoms with Crippen molar-refractivity contribution in [2.24, 2.45) is 17.5 Å². The van der Waals surface area contributed by atoms with E-state index in [0.717, 1.165) is 49.3 Å². The third kappa shape index (κ3) is 6.34. The first-order chi connectivity index (χ1) is 16.1. The van der Waals surface area contributed by atoms with E-state index < -0.39 is 0 Å². The second kappa shape index (κ2) is 10.5. The van der Waals surface area contributed by atoms with Crippen LogP contribution in [0, 0.1) is 12.3 Å². The molecule has 7 nitrogen and oxygen atoms in total. The lowest BCUT2D eigenvalue weighted by Gasteiger charge is -2.19. The highest BCUT2D eigenvalue weighted by molar-refractivity contribution is 5.79. The minimum Gasteiger partial charge on any atom is -0.497 e. The van der Waals surface area contributed by atoms with Gasteiger partial charge in [-0.2, -0.15) is 0 Å². The Hall–Kier alpha value is -3.35. The zero-order valence-corrected chi connectivity index (χ0v) is 19.8. The Kier molecular flexibility index (Phi) is 7.27. The van der Waals surface area contributed by atoms with Crippen LogP contribution in [0.3, 0.4) is 0 Å². The number of ether oxygens (including phenoxy) is 1. The molecule has 0 unspecified atom stereocenters. The molecule has 4 rings (SSSR count). The predicted molar refractivity (Wildman–Crippen MR) is 131 cm³/mol. The van der Waals surface area contributed by atoms with Crippen LogP contribution in [0.1, 0.15) is 35.6 Å². The molecule has 2 N–H and O–H groups in total. The summed E-state index contributed by atoms with van der Waals surface area (Å²) in [4.78, 5) is 4.82. The van der Waals surface area contributed by atoms with Gasteiger partial charge >= 0.3 is 0 Å². The Labute approximate surface area is 196 Å². The molecule has 174 valence electrons. The average Bonchev–Trinajstić information content (AvgIpc) is 3.54. The highest BCUT2D eigenvalue weighted by Gasteiger charge is 2.42. The summed E-state index contributed by atoms with van der Waals surface area (Å²) < 4.78 is 7.23. The first-order valence-corrected chi connectivity index (χ1v) is 11.6. The number of methoxy groups -OCH3 is 1. The summed E-state index contributed by atoms with van der Waals surface area (Å²) in [6.07, 6.45) is 4.50. The molecule has 1 aliphatic rings.